The molecule has 0 bridgehead atoms. The number of piperazine rings is 1. The number of nitrogens with zero attached hydrogens (tertiary/aromatic N) is 3. The lowest BCUT2D eigenvalue weighted by Gasteiger charge is -2.32. The summed E-state index contributed by atoms with van der Waals surface area (Å²) in [5, 5.41) is 3.05. The molecule has 0 radical (unpaired) electrons. The van der Waals surface area contributed by atoms with Gasteiger partial charge in [-0.05, 0) is 51.6 Å². The number of likely N-dealkylation sites (N-methyl/N-ethyl adjacent to an activating group) is 1. The van der Waals surface area contributed by atoms with E-state index in [4.69, 9.17) is 0 Å². The molecule has 0 spiro atoms. The molecule has 2 rings (SSSR count). The van der Waals surface area contributed by atoms with E-state index in [9.17, 15) is 4.79 Å². The number of benzene rings is 1. The molecular weight excluding hydrogens is 276 g/mol. The number of amides is 2. The number of hydrogen-bond donors (Lipinski definition) is 1. The molecule has 0 atom stereocenters. The van der Waals surface area contributed by atoms with E-state index in [0.717, 1.165) is 50.5 Å². The second-order valence-electron chi connectivity index (χ2n) is 5.89. The Kier molecular flexibility index (Phi) is 5.66. The normalized spacial score (nSPS) is 15.7. The first kappa shape index (κ1) is 16.6. The maximum Gasteiger partial charge on any atom is 0.321 e. The van der Waals surface area contributed by atoms with Gasteiger partial charge >= 0.3 is 6.03 Å². The number of anilines is 2. The number of hydrogen-bond acceptors (Lipinski definition) is 3. The minimum atomic E-state index is 0.00629. The fourth-order valence-corrected chi connectivity index (χ4v) is 2.78. The number of aryl methyl sites for hydroxylation is 1. The highest BCUT2D eigenvalue weighted by Gasteiger charge is 2.19. The Morgan fingerprint density at radius 2 is 1.82 bits per heavy atom. The molecule has 5 heteroatoms. The molecule has 0 unspecified atom stereocenters. The maximum absolute atomic E-state index is 12.3. The van der Waals surface area contributed by atoms with Crippen molar-refractivity contribution in [2.75, 3.05) is 56.5 Å². The van der Waals surface area contributed by atoms with E-state index in [1.807, 2.05) is 17.9 Å². The molecule has 1 heterocycles. The standard InChI is InChI=1S/C17H28N4O/c1-5-20(6-2)15-7-8-16(14(3)13-15)18-17(22)21-11-9-19(4)10-12-21/h7-8,13H,5-6,9-12H2,1-4H3,(H,18,22). The smallest absolute Gasteiger partial charge is 0.321 e. The van der Waals surface area contributed by atoms with Crippen LogP contribution >= 0.6 is 0 Å². The Balaban J connectivity index is 2.02. The van der Waals surface area contributed by atoms with Crippen LogP contribution < -0.4 is 10.2 Å². The Morgan fingerprint density at radius 3 is 2.36 bits per heavy atom. The van der Waals surface area contributed by atoms with Crippen LogP contribution in [0, 0.1) is 6.92 Å². The van der Waals surface area contributed by atoms with Crippen LogP contribution in [0.3, 0.4) is 0 Å². The van der Waals surface area contributed by atoms with Crippen LogP contribution in [0.4, 0.5) is 16.2 Å². The SMILES string of the molecule is CCN(CC)c1ccc(NC(=O)N2CCN(C)CC2)c(C)c1. The highest BCUT2D eigenvalue weighted by molar-refractivity contribution is 5.90. The first-order chi connectivity index (χ1) is 10.5. The molecule has 1 fully saturated rings. The van der Waals surface area contributed by atoms with Crippen molar-refractivity contribution in [2.24, 2.45) is 0 Å². The van der Waals surface area contributed by atoms with Crippen molar-refractivity contribution in [3.8, 4) is 0 Å². The van der Waals surface area contributed by atoms with Gasteiger partial charge in [-0.2, -0.15) is 0 Å². The van der Waals surface area contributed by atoms with Gasteiger partial charge in [0.1, 0.15) is 0 Å². The summed E-state index contributed by atoms with van der Waals surface area (Å²) in [5.74, 6) is 0. The third kappa shape index (κ3) is 3.91. The predicted octanol–water partition coefficient (Wildman–Crippen LogP) is 2.62. The zero-order valence-electron chi connectivity index (χ0n) is 14.2. The number of rotatable bonds is 4. The summed E-state index contributed by atoms with van der Waals surface area (Å²) < 4.78 is 0. The number of urea groups is 1. The van der Waals surface area contributed by atoms with E-state index >= 15 is 0 Å². The molecule has 1 aliphatic heterocycles. The highest BCUT2D eigenvalue weighted by Crippen LogP contribution is 2.23. The lowest BCUT2D eigenvalue weighted by Crippen LogP contribution is -2.48. The molecule has 0 saturated carbocycles. The topological polar surface area (TPSA) is 38.8 Å². The summed E-state index contributed by atoms with van der Waals surface area (Å²) >= 11 is 0. The van der Waals surface area contributed by atoms with Crippen molar-refractivity contribution in [3.05, 3.63) is 23.8 Å². The molecule has 2 amide bonds. The lowest BCUT2D eigenvalue weighted by molar-refractivity contribution is 0.164. The van der Waals surface area contributed by atoms with E-state index in [1.54, 1.807) is 0 Å². The number of carbonyl (C=O) groups is 1. The summed E-state index contributed by atoms with van der Waals surface area (Å²) in [7, 11) is 2.09. The highest BCUT2D eigenvalue weighted by atomic mass is 16.2. The van der Waals surface area contributed by atoms with Gasteiger partial charge in [-0.3, -0.25) is 0 Å². The minimum Gasteiger partial charge on any atom is -0.372 e. The van der Waals surface area contributed by atoms with Gasteiger partial charge < -0.3 is 20.0 Å². The minimum absolute atomic E-state index is 0.00629. The molecule has 5 nitrogen and oxygen atoms in total. The van der Waals surface area contributed by atoms with Gasteiger partial charge in [0, 0.05) is 50.6 Å². The molecule has 0 aliphatic carbocycles. The van der Waals surface area contributed by atoms with Crippen LogP contribution in [-0.4, -0.2) is 62.1 Å². The van der Waals surface area contributed by atoms with Crippen molar-refractivity contribution >= 4 is 17.4 Å². The zero-order valence-corrected chi connectivity index (χ0v) is 14.2. The van der Waals surface area contributed by atoms with E-state index in [0.29, 0.717) is 0 Å². The second kappa shape index (κ2) is 7.49. The molecule has 1 saturated heterocycles. The molecule has 1 aliphatic rings. The first-order valence-corrected chi connectivity index (χ1v) is 8.15. The summed E-state index contributed by atoms with van der Waals surface area (Å²) in [6.45, 7) is 11.8. The largest absolute Gasteiger partial charge is 0.372 e. The van der Waals surface area contributed by atoms with Gasteiger partial charge in [0.25, 0.3) is 0 Å². The van der Waals surface area contributed by atoms with Crippen LogP contribution in [0.2, 0.25) is 0 Å². The van der Waals surface area contributed by atoms with E-state index < -0.39 is 0 Å². The molecule has 22 heavy (non-hydrogen) atoms. The average Bonchev–Trinajstić information content (AvgIpc) is 2.51. The second-order valence-corrected chi connectivity index (χ2v) is 5.89. The lowest BCUT2D eigenvalue weighted by atomic mass is 10.1. The summed E-state index contributed by atoms with van der Waals surface area (Å²) in [6.07, 6.45) is 0. The van der Waals surface area contributed by atoms with Gasteiger partial charge in [-0.15, -0.1) is 0 Å². The number of nitrogens with one attached hydrogen (secondary N) is 1. The Hall–Kier alpha value is -1.75. The summed E-state index contributed by atoms with van der Waals surface area (Å²) in [4.78, 5) is 18.8. The summed E-state index contributed by atoms with van der Waals surface area (Å²) in [5.41, 5.74) is 3.21. The van der Waals surface area contributed by atoms with Gasteiger partial charge in [0.2, 0.25) is 0 Å². The Bertz CT molecular complexity index is 505. The van der Waals surface area contributed by atoms with Crippen molar-refractivity contribution in [1.82, 2.24) is 9.80 Å². The van der Waals surface area contributed by atoms with Gasteiger partial charge in [-0.25, -0.2) is 4.79 Å². The zero-order chi connectivity index (χ0) is 16.1. The van der Waals surface area contributed by atoms with E-state index in [-0.39, 0.29) is 6.03 Å². The Labute approximate surface area is 133 Å². The van der Waals surface area contributed by atoms with E-state index in [2.05, 4.69) is 48.1 Å². The average molecular weight is 304 g/mol. The third-order valence-electron chi connectivity index (χ3n) is 4.37. The molecule has 1 N–H and O–H groups in total. The van der Waals surface area contributed by atoms with Crippen LogP contribution in [0.1, 0.15) is 19.4 Å². The van der Waals surface area contributed by atoms with Crippen molar-refractivity contribution in [1.29, 1.82) is 0 Å². The van der Waals surface area contributed by atoms with Crippen LogP contribution in [0.25, 0.3) is 0 Å². The molecule has 0 aromatic heterocycles. The van der Waals surface area contributed by atoms with Crippen molar-refractivity contribution in [3.63, 3.8) is 0 Å². The fourth-order valence-electron chi connectivity index (χ4n) is 2.78. The monoisotopic (exact) mass is 304 g/mol. The summed E-state index contributed by atoms with van der Waals surface area (Å²) in [6, 6.07) is 6.25. The van der Waals surface area contributed by atoms with Crippen molar-refractivity contribution in [2.45, 2.75) is 20.8 Å². The molecule has 1 aromatic rings. The Morgan fingerprint density at radius 1 is 1.18 bits per heavy atom. The maximum atomic E-state index is 12.3. The van der Waals surface area contributed by atoms with Crippen LogP contribution in [0.5, 0.6) is 0 Å². The molecule has 1 aromatic carbocycles. The number of carbonyl (C=O) groups excluding carboxylic acids is 1. The predicted molar refractivity (Wildman–Crippen MR) is 92.8 cm³/mol. The van der Waals surface area contributed by atoms with Gasteiger partial charge in [-0.1, -0.05) is 0 Å². The van der Waals surface area contributed by atoms with Crippen molar-refractivity contribution < 1.29 is 4.79 Å². The van der Waals surface area contributed by atoms with Gasteiger partial charge in [0.05, 0.1) is 0 Å². The van der Waals surface area contributed by atoms with Gasteiger partial charge in [0.15, 0.2) is 0 Å². The van der Waals surface area contributed by atoms with E-state index in [1.165, 1.54) is 5.69 Å². The third-order valence-corrected chi connectivity index (χ3v) is 4.37. The fraction of sp³-hybridized carbons (Fsp3) is 0.588. The first-order valence-electron chi connectivity index (χ1n) is 8.15. The molecule has 122 valence electrons. The quantitative estimate of drug-likeness (QED) is 0.929. The van der Waals surface area contributed by atoms with Crippen LogP contribution in [0.15, 0.2) is 18.2 Å². The van der Waals surface area contributed by atoms with Crippen LogP contribution in [-0.2, 0) is 0 Å². The molecular formula is C17H28N4O.